The van der Waals surface area contributed by atoms with Gasteiger partial charge in [0.25, 0.3) is 0 Å². The zero-order chi connectivity index (χ0) is 20.1. The van der Waals surface area contributed by atoms with Crippen LogP contribution in [0, 0.1) is 5.92 Å². The molecule has 2 aromatic rings. The standard InChI is InChI=1S/C18H22F3N5OS/c1-12-4-2-3-5-14(12)23-15(27)10-28-17-25-24-16(13-6-8-22-9-7-13)26(17)11-18(19,20)21/h6-9,12,14H,2-5,10-11H2,1H3,(H,23,27). The number of halogens is 3. The molecular formula is C18H22F3N5OS. The molecule has 10 heteroatoms. The van der Waals surface area contributed by atoms with E-state index in [1.165, 1.54) is 18.8 Å². The van der Waals surface area contributed by atoms with Gasteiger partial charge in [-0.2, -0.15) is 13.2 Å². The number of hydrogen-bond donors (Lipinski definition) is 1. The fourth-order valence-corrected chi connectivity index (χ4v) is 4.09. The first-order chi connectivity index (χ1) is 13.3. The van der Waals surface area contributed by atoms with Gasteiger partial charge in [-0.15, -0.1) is 10.2 Å². The molecule has 6 nitrogen and oxygen atoms in total. The van der Waals surface area contributed by atoms with Crippen LogP contribution in [0.1, 0.15) is 32.6 Å². The Morgan fingerprint density at radius 2 is 1.96 bits per heavy atom. The summed E-state index contributed by atoms with van der Waals surface area (Å²) in [5, 5.41) is 10.9. The smallest absolute Gasteiger partial charge is 0.352 e. The molecule has 0 radical (unpaired) electrons. The van der Waals surface area contributed by atoms with Crippen LogP contribution in [0.4, 0.5) is 13.2 Å². The van der Waals surface area contributed by atoms with Crippen molar-refractivity contribution >= 4 is 17.7 Å². The number of rotatable bonds is 6. The zero-order valence-corrected chi connectivity index (χ0v) is 16.3. The van der Waals surface area contributed by atoms with E-state index in [1.807, 2.05) is 0 Å². The molecular weight excluding hydrogens is 391 g/mol. The normalized spacial score (nSPS) is 20.1. The topological polar surface area (TPSA) is 72.7 Å². The molecule has 0 aromatic carbocycles. The zero-order valence-electron chi connectivity index (χ0n) is 15.4. The second-order valence-electron chi connectivity index (χ2n) is 6.97. The number of nitrogens with one attached hydrogen (secondary N) is 1. The highest BCUT2D eigenvalue weighted by atomic mass is 32.2. The van der Waals surface area contributed by atoms with Crippen LogP contribution in [0.2, 0.25) is 0 Å². The van der Waals surface area contributed by atoms with E-state index >= 15 is 0 Å². The second kappa shape index (κ2) is 8.93. The minimum Gasteiger partial charge on any atom is -0.352 e. The van der Waals surface area contributed by atoms with Crippen molar-refractivity contribution in [2.24, 2.45) is 5.92 Å². The molecule has 2 aromatic heterocycles. The number of amides is 1. The highest BCUT2D eigenvalue weighted by molar-refractivity contribution is 7.99. The van der Waals surface area contributed by atoms with Crippen LogP contribution in [-0.4, -0.2) is 43.6 Å². The molecule has 1 N–H and O–H groups in total. The van der Waals surface area contributed by atoms with Gasteiger partial charge in [-0.1, -0.05) is 31.5 Å². The molecule has 2 heterocycles. The van der Waals surface area contributed by atoms with E-state index in [-0.39, 0.29) is 28.7 Å². The summed E-state index contributed by atoms with van der Waals surface area (Å²) in [6.07, 6.45) is 2.79. The first-order valence-electron chi connectivity index (χ1n) is 9.16. The van der Waals surface area contributed by atoms with Gasteiger partial charge in [-0.05, 0) is 30.9 Å². The summed E-state index contributed by atoms with van der Waals surface area (Å²) in [5.41, 5.74) is 0.485. The molecule has 2 unspecified atom stereocenters. The third-order valence-electron chi connectivity index (χ3n) is 4.78. The Balaban J connectivity index is 1.70. The number of pyridine rings is 1. The van der Waals surface area contributed by atoms with Crippen LogP contribution in [0.3, 0.4) is 0 Å². The lowest BCUT2D eigenvalue weighted by atomic mass is 9.86. The molecule has 1 amide bonds. The first-order valence-corrected chi connectivity index (χ1v) is 10.1. The van der Waals surface area contributed by atoms with E-state index in [1.54, 1.807) is 12.1 Å². The highest BCUT2D eigenvalue weighted by Gasteiger charge is 2.32. The van der Waals surface area contributed by atoms with Crippen molar-refractivity contribution in [1.29, 1.82) is 0 Å². The molecule has 0 aliphatic heterocycles. The van der Waals surface area contributed by atoms with Gasteiger partial charge in [0.05, 0.1) is 5.75 Å². The van der Waals surface area contributed by atoms with Crippen LogP contribution in [0.25, 0.3) is 11.4 Å². The van der Waals surface area contributed by atoms with Crippen molar-refractivity contribution in [2.45, 2.75) is 56.5 Å². The van der Waals surface area contributed by atoms with Gasteiger partial charge in [0.15, 0.2) is 11.0 Å². The lowest BCUT2D eigenvalue weighted by Crippen LogP contribution is -2.41. The number of nitrogens with zero attached hydrogens (tertiary/aromatic N) is 4. The molecule has 1 saturated carbocycles. The predicted molar refractivity (Wildman–Crippen MR) is 99.6 cm³/mol. The lowest BCUT2D eigenvalue weighted by Gasteiger charge is -2.29. The summed E-state index contributed by atoms with van der Waals surface area (Å²) in [6.45, 7) is 0.888. The number of carbonyl (C=O) groups is 1. The Morgan fingerprint density at radius 3 is 2.64 bits per heavy atom. The van der Waals surface area contributed by atoms with E-state index in [4.69, 9.17) is 0 Å². The molecule has 3 rings (SSSR count). The van der Waals surface area contributed by atoms with Crippen molar-refractivity contribution < 1.29 is 18.0 Å². The Morgan fingerprint density at radius 1 is 1.25 bits per heavy atom. The van der Waals surface area contributed by atoms with E-state index in [0.29, 0.717) is 11.5 Å². The van der Waals surface area contributed by atoms with Gasteiger partial charge >= 0.3 is 6.18 Å². The van der Waals surface area contributed by atoms with Crippen LogP contribution in [0.15, 0.2) is 29.7 Å². The molecule has 28 heavy (non-hydrogen) atoms. The number of aromatic nitrogens is 4. The average Bonchev–Trinajstić information content (AvgIpc) is 3.03. The molecule has 1 fully saturated rings. The summed E-state index contributed by atoms with van der Waals surface area (Å²) in [5.74, 6) is 0.310. The van der Waals surface area contributed by atoms with Crippen LogP contribution in [0.5, 0.6) is 0 Å². The van der Waals surface area contributed by atoms with E-state index in [0.717, 1.165) is 35.6 Å². The quantitative estimate of drug-likeness (QED) is 0.732. The Labute approximate surface area is 165 Å². The Bertz CT molecular complexity index is 796. The third-order valence-corrected chi connectivity index (χ3v) is 5.75. The number of alkyl halides is 3. The van der Waals surface area contributed by atoms with Gasteiger partial charge in [-0.25, -0.2) is 0 Å². The predicted octanol–water partition coefficient (Wildman–Crippen LogP) is 3.69. The number of thioether (sulfide) groups is 1. The molecule has 0 spiro atoms. The van der Waals surface area contributed by atoms with E-state index in [9.17, 15) is 18.0 Å². The molecule has 152 valence electrons. The van der Waals surface area contributed by atoms with Gasteiger partial charge in [0.1, 0.15) is 6.54 Å². The minimum atomic E-state index is -4.43. The van der Waals surface area contributed by atoms with Crippen LogP contribution < -0.4 is 5.32 Å². The summed E-state index contributed by atoms with van der Waals surface area (Å²) < 4.78 is 40.2. The van der Waals surface area contributed by atoms with E-state index in [2.05, 4.69) is 27.4 Å². The number of carbonyl (C=O) groups excluding carboxylic acids is 1. The highest BCUT2D eigenvalue weighted by Crippen LogP contribution is 2.28. The average molecular weight is 413 g/mol. The van der Waals surface area contributed by atoms with Crippen molar-refractivity contribution in [2.75, 3.05) is 5.75 Å². The minimum absolute atomic E-state index is 0.00441. The Hall–Kier alpha value is -2.10. The second-order valence-corrected chi connectivity index (χ2v) is 7.91. The van der Waals surface area contributed by atoms with Gasteiger partial charge < -0.3 is 5.32 Å². The van der Waals surface area contributed by atoms with Crippen molar-refractivity contribution in [1.82, 2.24) is 25.1 Å². The van der Waals surface area contributed by atoms with Gasteiger partial charge in [0, 0.05) is 24.0 Å². The monoisotopic (exact) mass is 413 g/mol. The molecule has 2 atom stereocenters. The molecule has 1 aliphatic carbocycles. The van der Waals surface area contributed by atoms with Crippen molar-refractivity contribution in [3.05, 3.63) is 24.5 Å². The maximum absolute atomic E-state index is 13.1. The largest absolute Gasteiger partial charge is 0.406 e. The van der Waals surface area contributed by atoms with Crippen molar-refractivity contribution in [3.8, 4) is 11.4 Å². The fourth-order valence-electron chi connectivity index (χ4n) is 3.34. The summed E-state index contributed by atoms with van der Waals surface area (Å²) >= 11 is 0.963. The SMILES string of the molecule is CC1CCCCC1NC(=O)CSc1nnc(-c2ccncc2)n1CC(F)(F)F. The lowest BCUT2D eigenvalue weighted by molar-refractivity contribution is -0.141. The first kappa shape index (κ1) is 20.6. The number of hydrogen-bond acceptors (Lipinski definition) is 5. The van der Waals surface area contributed by atoms with Crippen LogP contribution in [-0.2, 0) is 11.3 Å². The summed E-state index contributed by atoms with van der Waals surface area (Å²) in [4.78, 5) is 16.1. The summed E-state index contributed by atoms with van der Waals surface area (Å²) in [7, 11) is 0. The Kier molecular flexibility index (Phi) is 6.58. The molecule has 0 saturated heterocycles. The van der Waals surface area contributed by atoms with Crippen molar-refractivity contribution in [3.63, 3.8) is 0 Å². The maximum atomic E-state index is 13.1. The van der Waals surface area contributed by atoms with Crippen LogP contribution >= 0.6 is 11.8 Å². The van der Waals surface area contributed by atoms with Gasteiger partial charge in [0.2, 0.25) is 5.91 Å². The molecule has 0 bridgehead atoms. The summed E-state index contributed by atoms with van der Waals surface area (Å²) in [6, 6.07) is 3.27. The van der Waals surface area contributed by atoms with Gasteiger partial charge in [-0.3, -0.25) is 14.3 Å². The molecule has 1 aliphatic rings. The fraction of sp³-hybridized carbons (Fsp3) is 0.556. The third kappa shape index (κ3) is 5.46. The van der Waals surface area contributed by atoms with E-state index < -0.39 is 12.7 Å². The maximum Gasteiger partial charge on any atom is 0.406 e.